The van der Waals surface area contributed by atoms with Crippen molar-refractivity contribution in [1.82, 2.24) is 5.32 Å². The normalized spacial score (nSPS) is 31.7. The number of piperidine rings is 1. The predicted octanol–water partition coefficient (Wildman–Crippen LogP) is 0.250. The maximum atomic E-state index is 10.6. The number of amides is 1. The van der Waals surface area contributed by atoms with Crippen LogP contribution in [-0.2, 0) is 4.79 Å². The summed E-state index contributed by atoms with van der Waals surface area (Å²) in [5.41, 5.74) is 5.11. The first-order valence-electron chi connectivity index (χ1n) is 4.22. The summed E-state index contributed by atoms with van der Waals surface area (Å²) in [5, 5.41) is 3.30. The first-order chi connectivity index (χ1) is 5.20. The van der Waals surface area contributed by atoms with Gasteiger partial charge in [-0.05, 0) is 25.3 Å². The summed E-state index contributed by atoms with van der Waals surface area (Å²) in [7, 11) is 0. The molecule has 0 saturated carbocycles. The van der Waals surface area contributed by atoms with Crippen molar-refractivity contribution in [2.24, 2.45) is 11.7 Å². The number of hydrogen-bond donors (Lipinski definition) is 2. The summed E-state index contributed by atoms with van der Waals surface area (Å²) in [6, 6.07) is 0.321. The summed E-state index contributed by atoms with van der Waals surface area (Å²) in [6.45, 7) is 3.20. The molecule has 2 atom stereocenters. The molecular weight excluding hydrogens is 140 g/mol. The Bertz CT molecular complexity index is 147. The molecular formula is C8H16N2O. The second-order valence-electron chi connectivity index (χ2n) is 3.35. The van der Waals surface area contributed by atoms with Crippen LogP contribution in [0.2, 0.25) is 0 Å². The van der Waals surface area contributed by atoms with Gasteiger partial charge < -0.3 is 11.1 Å². The second-order valence-corrected chi connectivity index (χ2v) is 3.35. The number of nitrogens with two attached hydrogens (primary N) is 1. The second kappa shape index (κ2) is 3.72. The summed E-state index contributed by atoms with van der Waals surface area (Å²) in [4.78, 5) is 10.6. The van der Waals surface area contributed by atoms with Crippen LogP contribution in [0.5, 0.6) is 0 Å². The van der Waals surface area contributed by atoms with Gasteiger partial charge >= 0.3 is 0 Å². The van der Waals surface area contributed by atoms with Gasteiger partial charge in [0, 0.05) is 12.5 Å². The van der Waals surface area contributed by atoms with Crippen LogP contribution in [-0.4, -0.2) is 18.5 Å². The number of carbonyl (C=O) groups excluding carboxylic acids is 1. The molecule has 64 valence electrons. The Morgan fingerprint density at radius 1 is 1.73 bits per heavy atom. The van der Waals surface area contributed by atoms with E-state index in [2.05, 4.69) is 12.2 Å². The van der Waals surface area contributed by atoms with Crippen LogP contribution in [0.4, 0.5) is 0 Å². The highest BCUT2D eigenvalue weighted by atomic mass is 16.1. The van der Waals surface area contributed by atoms with Gasteiger partial charge in [-0.2, -0.15) is 0 Å². The lowest BCUT2D eigenvalue weighted by Gasteiger charge is -2.28. The van der Waals surface area contributed by atoms with Crippen molar-refractivity contribution in [3.8, 4) is 0 Å². The zero-order chi connectivity index (χ0) is 8.27. The van der Waals surface area contributed by atoms with Gasteiger partial charge in [0.1, 0.15) is 0 Å². The summed E-state index contributed by atoms with van der Waals surface area (Å²) in [5.74, 6) is 0.396. The Morgan fingerprint density at radius 2 is 2.45 bits per heavy atom. The Kier molecular flexibility index (Phi) is 2.88. The molecule has 0 aliphatic carbocycles. The Morgan fingerprint density at radius 3 is 3.00 bits per heavy atom. The van der Waals surface area contributed by atoms with Crippen molar-refractivity contribution in [2.75, 3.05) is 6.54 Å². The van der Waals surface area contributed by atoms with Crippen molar-refractivity contribution in [1.29, 1.82) is 0 Å². The number of carbonyl (C=O) groups is 1. The lowest BCUT2D eigenvalue weighted by molar-refractivity contribution is -0.118. The molecule has 1 rings (SSSR count). The predicted molar refractivity (Wildman–Crippen MR) is 44.0 cm³/mol. The third-order valence-electron chi connectivity index (χ3n) is 2.35. The van der Waals surface area contributed by atoms with E-state index in [0.29, 0.717) is 18.4 Å². The number of nitrogens with one attached hydrogen (secondary N) is 1. The fourth-order valence-corrected chi connectivity index (χ4v) is 1.60. The van der Waals surface area contributed by atoms with Gasteiger partial charge in [-0.1, -0.05) is 6.92 Å². The number of primary amides is 1. The number of rotatable bonds is 2. The fraction of sp³-hybridized carbons (Fsp3) is 0.875. The van der Waals surface area contributed by atoms with Gasteiger partial charge in [0.15, 0.2) is 0 Å². The van der Waals surface area contributed by atoms with Crippen molar-refractivity contribution in [2.45, 2.75) is 32.2 Å². The topological polar surface area (TPSA) is 55.1 Å². The van der Waals surface area contributed by atoms with Gasteiger partial charge in [0.2, 0.25) is 5.91 Å². The molecule has 1 aliphatic rings. The maximum absolute atomic E-state index is 10.6. The Labute approximate surface area is 67.3 Å². The first kappa shape index (κ1) is 8.53. The fourth-order valence-electron chi connectivity index (χ4n) is 1.60. The summed E-state index contributed by atoms with van der Waals surface area (Å²) < 4.78 is 0. The third-order valence-corrected chi connectivity index (χ3v) is 2.35. The van der Waals surface area contributed by atoms with E-state index in [1.54, 1.807) is 0 Å². The van der Waals surface area contributed by atoms with Crippen LogP contribution in [0.1, 0.15) is 26.2 Å². The highest BCUT2D eigenvalue weighted by molar-refractivity contribution is 5.74. The first-order valence-corrected chi connectivity index (χ1v) is 4.22. The standard InChI is InChI=1S/C8H16N2O/c1-6-3-2-4-10-7(6)5-8(9)11/h6-7,10H,2-5H2,1H3,(H2,9,11). The molecule has 0 bridgehead atoms. The molecule has 1 heterocycles. The molecule has 3 N–H and O–H groups in total. The van der Waals surface area contributed by atoms with Crippen molar-refractivity contribution < 1.29 is 4.79 Å². The van der Waals surface area contributed by atoms with Crippen LogP contribution in [0.3, 0.4) is 0 Å². The van der Waals surface area contributed by atoms with Gasteiger partial charge in [-0.25, -0.2) is 0 Å². The highest BCUT2D eigenvalue weighted by Gasteiger charge is 2.21. The minimum atomic E-state index is -0.198. The molecule has 11 heavy (non-hydrogen) atoms. The van der Waals surface area contributed by atoms with Gasteiger partial charge in [-0.3, -0.25) is 4.79 Å². The molecule has 0 aromatic heterocycles. The monoisotopic (exact) mass is 156 g/mol. The maximum Gasteiger partial charge on any atom is 0.218 e. The van der Waals surface area contributed by atoms with Crippen LogP contribution in [0.15, 0.2) is 0 Å². The van der Waals surface area contributed by atoms with Crippen molar-refractivity contribution in [3.05, 3.63) is 0 Å². The third kappa shape index (κ3) is 2.50. The molecule has 2 unspecified atom stereocenters. The molecule has 0 spiro atoms. The van der Waals surface area contributed by atoms with E-state index < -0.39 is 0 Å². The Balaban J connectivity index is 2.35. The molecule has 0 radical (unpaired) electrons. The van der Waals surface area contributed by atoms with Crippen LogP contribution in [0, 0.1) is 5.92 Å². The van der Waals surface area contributed by atoms with E-state index in [4.69, 9.17) is 5.73 Å². The minimum absolute atomic E-state index is 0.198. The van der Waals surface area contributed by atoms with Crippen molar-refractivity contribution in [3.63, 3.8) is 0 Å². The van der Waals surface area contributed by atoms with Crippen LogP contribution < -0.4 is 11.1 Å². The molecule has 3 heteroatoms. The van der Waals surface area contributed by atoms with Gasteiger partial charge in [0.05, 0.1) is 0 Å². The van der Waals surface area contributed by atoms with Crippen LogP contribution >= 0.6 is 0 Å². The van der Waals surface area contributed by atoms with Crippen molar-refractivity contribution >= 4 is 5.91 Å². The summed E-state index contributed by atoms with van der Waals surface area (Å²) >= 11 is 0. The van der Waals surface area contributed by atoms with E-state index in [9.17, 15) is 4.79 Å². The largest absolute Gasteiger partial charge is 0.370 e. The zero-order valence-electron chi connectivity index (χ0n) is 6.97. The molecule has 3 nitrogen and oxygen atoms in total. The quantitative estimate of drug-likeness (QED) is 0.602. The molecule has 1 aliphatic heterocycles. The van der Waals surface area contributed by atoms with E-state index in [1.165, 1.54) is 12.8 Å². The smallest absolute Gasteiger partial charge is 0.218 e. The zero-order valence-corrected chi connectivity index (χ0v) is 6.97. The lowest BCUT2D eigenvalue weighted by Crippen LogP contribution is -2.42. The average molecular weight is 156 g/mol. The van der Waals surface area contributed by atoms with E-state index in [1.807, 2.05) is 0 Å². The highest BCUT2D eigenvalue weighted by Crippen LogP contribution is 2.17. The number of hydrogen-bond acceptors (Lipinski definition) is 2. The molecule has 1 fully saturated rings. The lowest BCUT2D eigenvalue weighted by atomic mass is 9.90. The van der Waals surface area contributed by atoms with E-state index >= 15 is 0 Å². The van der Waals surface area contributed by atoms with Gasteiger partial charge in [0.25, 0.3) is 0 Å². The molecule has 0 aromatic rings. The Hall–Kier alpha value is -0.570. The van der Waals surface area contributed by atoms with Gasteiger partial charge in [-0.15, -0.1) is 0 Å². The van der Waals surface area contributed by atoms with Crippen LogP contribution in [0.25, 0.3) is 0 Å². The molecule has 1 amide bonds. The molecule has 0 aromatic carbocycles. The average Bonchev–Trinajstić information content (AvgIpc) is 1.93. The minimum Gasteiger partial charge on any atom is -0.370 e. The molecule has 1 saturated heterocycles. The SMILES string of the molecule is CC1CCCNC1CC(N)=O. The van der Waals surface area contributed by atoms with E-state index in [-0.39, 0.29) is 5.91 Å². The van der Waals surface area contributed by atoms with E-state index in [0.717, 1.165) is 6.54 Å². The summed E-state index contributed by atoms with van der Waals surface area (Å²) in [6.07, 6.45) is 2.92.